The number of hydrogen-bond acceptors (Lipinski definition) is 5. The van der Waals surface area contributed by atoms with E-state index in [0.717, 1.165) is 0 Å². The van der Waals surface area contributed by atoms with Crippen LogP contribution in [0.15, 0.2) is 33.6 Å². The Morgan fingerprint density at radius 2 is 2.19 bits per heavy atom. The molecule has 0 saturated heterocycles. The molecule has 5 heteroatoms. The molecule has 16 heavy (non-hydrogen) atoms. The molecule has 82 valence electrons. The maximum Gasteiger partial charge on any atom is 0.364 e. The first-order valence-electron chi connectivity index (χ1n) is 4.80. The van der Waals surface area contributed by atoms with Crippen LogP contribution in [0.3, 0.4) is 0 Å². The minimum atomic E-state index is -0.762. The van der Waals surface area contributed by atoms with E-state index in [2.05, 4.69) is 5.16 Å². The standard InChI is InChI=1S/C11H9NO4/c1-2-15-11(14)9-10(13)7-5-3-4-6-8(7)16-12-9/h3-6H,2H2,1H3. The third kappa shape index (κ3) is 1.67. The molecule has 0 aliphatic rings. The van der Waals surface area contributed by atoms with Gasteiger partial charge in [-0.15, -0.1) is 0 Å². The molecule has 0 aliphatic carbocycles. The average molecular weight is 219 g/mol. The first-order chi connectivity index (χ1) is 7.74. The van der Waals surface area contributed by atoms with Gasteiger partial charge in [-0.25, -0.2) is 4.79 Å². The Bertz CT molecular complexity index is 588. The summed E-state index contributed by atoms with van der Waals surface area (Å²) in [5, 5.41) is 3.78. The lowest BCUT2D eigenvalue weighted by Gasteiger charge is -2.00. The van der Waals surface area contributed by atoms with Gasteiger partial charge in [0, 0.05) is 0 Å². The van der Waals surface area contributed by atoms with Crippen LogP contribution in [0.5, 0.6) is 0 Å². The Labute approximate surface area is 90.6 Å². The summed E-state index contributed by atoms with van der Waals surface area (Å²) in [5.41, 5.74) is -0.443. The molecule has 0 aliphatic heterocycles. The van der Waals surface area contributed by atoms with E-state index in [1.807, 2.05) is 0 Å². The van der Waals surface area contributed by atoms with Gasteiger partial charge in [0.1, 0.15) is 0 Å². The predicted molar refractivity (Wildman–Crippen MR) is 56.2 cm³/mol. The normalized spacial score (nSPS) is 10.3. The second-order valence-corrected chi connectivity index (χ2v) is 3.08. The summed E-state index contributed by atoms with van der Waals surface area (Å²) >= 11 is 0. The van der Waals surface area contributed by atoms with Gasteiger partial charge >= 0.3 is 5.97 Å². The number of nitrogens with zero attached hydrogens (tertiary/aromatic N) is 1. The minimum absolute atomic E-state index is 0.187. The Morgan fingerprint density at radius 1 is 1.44 bits per heavy atom. The molecule has 0 unspecified atom stereocenters. The highest BCUT2D eigenvalue weighted by atomic mass is 16.5. The molecule has 1 aromatic carbocycles. The van der Waals surface area contributed by atoms with Gasteiger partial charge in [0.2, 0.25) is 11.1 Å². The molecule has 2 rings (SSSR count). The average Bonchev–Trinajstić information content (AvgIpc) is 2.30. The molecule has 0 N–H and O–H groups in total. The van der Waals surface area contributed by atoms with Crippen LogP contribution in [0, 0.1) is 0 Å². The van der Waals surface area contributed by atoms with E-state index in [0.29, 0.717) is 11.0 Å². The number of benzene rings is 1. The van der Waals surface area contributed by atoms with E-state index in [9.17, 15) is 9.59 Å². The number of para-hydroxylation sites is 1. The Morgan fingerprint density at radius 3 is 2.94 bits per heavy atom. The third-order valence-corrected chi connectivity index (χ3v) is 2.05. The van der Waals surface area contributed by atoms with Crippen molar-refractivity contribution >= 4 is 16.9 Å². The molecule has 0 amide bonds. The molecule has 1 aromatic heterocycles. The highest BCUT2D eigenvalue weighted by molar-refractivity contribution is 5.90. The van der Waals surface area contributed by atoms with Gasteiger partial charge in [-0.3, -0.25) is 4.79 Å². The van der Waals surface area contributed by atoms with Gasteiger partial charge in [0.25, 0.3) is 0 Å². The highest BCUT2D eigenvalue weighted by Crippen LogP contribution is 2.08. The summed E-state index contributed by atoms with van der Waals surface area (Å²) in [5.74, 6) is -0.762. The second kappa shape index (κ2) is 4.14. The number of carbonyl (C=O) groups is 1. The summed E-state index contributed by atoms with van der Waals surface area (Å²) in [6.45, 7) is 1.84. The molecule has 0 atom stereocenters. The molecular formula is C11H9NO4. The van der Waals surface area contributed by atoms with Gasteiger partial charge in [0.05, 0.1) is 12.0 Å². The summed E-state index contributed by atoms with van der Waals surface area (Å²) in [6, 6.07) is 6.59. The van der Waals surface area contributed by atoms with E-state index < -0.39 is 11.4 Å². The fraction of sp³-hybridized carbons (Fsp3) is 0.182. The van der Waals surface area contributed by atoms with Crippen molar-refractivity contribution in [2.45, 2.75) is 6.92 Å². The van der Waals surface area contributed by atoms with Crippen LogP contribution >= 0.6 is 0 Å². The van der Waals surface area contributed by atoms with E-state index in [1.165, 1.54) is 0 Å². The van der Waals surface area contributed by atoms with Crippen molar-refractivity contribution in [1.29, 1.82) is 0 Å². The molecule has 0 radical (unpaired) electrons. The number of carbonyl (C=O) groups excluding carboxylic acids is 1. The molecule has 0 fully saturated rings. The number of rotatable bonds is 2. The van der Waals surface area contributed by atoms with Gasteiger partial charge in [-0.05, 0) is 19.1 Å². The fourth-order valence-electron chi connectivity index (χ4n) is 1.33. The zero-order valence-corrected chi connectivity index (χ0v) is 8.60. The lowest BCUT2D eigenvalue weighted by atomic mass is 10.2. The Balaban J connectivity index is 2.61. The van der Waals surface area contributed by atoms with Crippen LogP contribution in [0.25, 0.3) is 11.0 Å². The Hall–Kier alpha value is -2.17. The fourth-order valence-corrected chi connectivity index (χ4v) is 1.33. The number of ether oxygens (including phenoxy) is 1. The number of aromatic nitrogens is 1. The monoisotopic (exact) mass is 219 g/mol. The van der Waals surface area contributed by atoms with Gasteiger partial charge < -0.3 is 9.26 Å². The van der Waals surface area contributed by atoms with Crippen molar-refractivity contribution in [3.8, 4) is 0 Å². The van der Waals surface area contributed by atoms with Crippen LogP contribution < -0.4 is 5.43 Å². The molecule has 0 bridgehead atoms. The van der Waals surface area contributed by atoms with Crippen molar-refractivity contribution in [3.05, 3.63) is 40.2 Å². The number of fused-ring (bicyclic) bond motifs is 1. The third-order valence-electron chi connectivity index (χ3n) is 2.05. The van der Waals surface area contributed by atoms with Crippen LogP contribution in [-0.4, -0.2) is 17.7 Å². The summed E-state index contributed by atoms with van der Waals surface area (Å²) in [4.78, 5) is 23.2. The second-order valence-electron chi connectivity index (χ2n) is 3.08. The zero-order chi connectivity index (χ0) is 11.5. The largest absolute Gasteiger partial charge is 0.461 e. The molecule has 0 saturated carbocycles. The predicted octanol–water partition coefficient (Wildman–Crippen LogP) is 1.36. The van der Waals surface area contributed by atoms with Crippen molar-refractivity contribution in [3.63, 3.8) is 0 Å². The van der Waals surface area contributed by atoms with Crippen molar-refractivity contribution in [1.82, 2.24) is 5.16 Å². The van der Waals surface area contributed by atoms with Crippen molar-refractivity contribution in [2.75, 3.05) is 6.61 Å². The molecular weight excluding hydrogens is 210 g/mol. The van der Waals surface area contributed by atoms with Crippen LogP contribution in [0.2, 0.25) is 0 Å². The summed E-state index contributed by atoms with van der Waals surface area (Å²) in [7, 11) is 0. The maximum atomic E-state index is 11.8. The van der Waals surface area contributed by atoms with Crippen molar-refractivity contribution in [2.24, 2.45) is 0 Å². The topological polar surface area (TPSA) is 69.4 Å². The Kier molecular flexibility index (Phi) is 2.68. The SMILES string of the molecule is CCOC(=O)c1noc2ccccc2c1=O. The minimum Gasteiger partial charge on any atom is -0.461 e. The molecule has 0 spiro atoms. The first kappa shape index (κ1) is 10.4. The zero-order valence-electron chi connectivity index (χ0n) is 8.60. The van der Waals surface area contributed by atoms with Crippen LogP contribution in [0.4, 0.5) is 0 Å². The summed E-state index contributed by atoms with van der Waals surface area (Å²) in [6.07, 6.45) is 0. The van der Waals surface area contributed by atoms with Gasteiger partial charge in [-0.1, -0.05) is 17.3 Å². The smallest absolute Gasteiger partial charge is 0.364 e. The number of hydrogen-bond donors (Lipinski definition) is 0. The van der Waals surface area contributed by atoms with Crippen molar-refractivity contribution < 1.29 is 14.1 Å². The maximum absolute atomic E-state index is 11.8. The van der Waals surface area contributed by atoms with E-state index in [-0.39, 0.29) is 12.3 Å². The number of esters is 1. The lowest BCUT2D eigenvalue weighted by Crippen LogP contribution is -2.19. The van der Waals surface area contributed by atoms with Gasteiger partial charge in [-0.2, -0.15) is 0 Å². The summed E-state index contributed by atoms with van der Waals surface area (Å²) < 4.78 is 9.64. The molecule has 1 heterocycles. The van der Waals surface area contributed by atoms with E-state index >= 15 is 0 Å². The first-order valence-corrected chi connectivity index (χ1v) is 4.80. The van der Waals surface area contributed by atoms with Gasteiger partial charge in [0.15, 0.2) is 5.58 Å². The van der Waals surface area contributed by atoms with E-state index in [4.69, 9.17) is 9.26 Å². The molecule has 5 nitrogen and oxygen atoms in total. The van der Waals surface area contributed by atoms with E-state index in [1.54, 1.807) is 31.2 Å². The van der Waals surface area contributed by atoms with Crippen LogP contribution in [-0.2, 0) is 4.74 Å². The van der Waals surface area contributed by atoms with Crippen LogP contribution in [0.1, 0.15) is 17.4 Å². The highest BCUT2D eigenvalue weighted by Gasteiger charge is 2.16. The lowest BCUT2D eigenvalue weighted by molar-refractivity contribution is 0.0510. The molecule has 2 aromatic rings. The quantitative estimate of drug-likeness (QED) is 0.713.